The van der Waals surface area contributed by atoms with Gasteiger partial charge >= 0.3 is 0 Å². The van der Waals surface area contributed by atoms with Crippen LogP contribution in [0.2, 0.25) is 18.1 Å². The Morgan fingerprint density at radius 2 is 1.82 bits per heavy atom. The van der Waals surface area contributed by atoms with Crippen molar-refractivity contribution in [3.63, 3.8) is 0 Å². The molecule has 3 nitrogen and oxygen atoms in total. The highest BCUT2D eigenvalue weighted by molar-refractivity contribution is 6.74. The molecule has 2 N–H and O–H groups in total. The summed E-state index contributed by atoms with van der Waals surface area (Å²) in [6.07, 6.45) is 1.26. The van der Waals surface area contributed by atoms with Crippen molar-refractivity contribution in [2.45, 2.75) is 64.0 Å². The van der Waals surface area contributed by atoms with Gasteiger partial charge in [0.2, 0.25) is 0 Å². The van der Waals surface area contributed by atoms with Crippen molar-refractivity contribution in [2.75, 3.05) is 13.1 Å². The molecular weight excluding hydrogens is 288 g/mol. The van der Waals surface area contributed by atoms with Gasteiger partial charge in [0.15, 0.2) is 8.32 Å². The van der Waals surface area contributed by atoms with Crippen LogP contribution in [0.1, 0.15) is 32.8 Å². The topological polar surface area (TPSA) is 38.5 Å². The van der Waals surface area contributed by atoms with Crippen molar-refractivity contribution in [3.05, 3.63) is 35.9 Å². The number of nitrogens with two attached hydrogens (primary N) is 1. The first-order valence-electron chi connectivity index (χ1n) is 8.37. The van der Waals surface area contributed by atoms with Crippen LogP contribution in [-0.2, 0) is 11.0 Å². The molecule has 0 spiro atoms. The zero-order valence-electron chi connectivity index (χ0n) is 14.8. The van der Waals surface area contributed by atoms with Crippen LogP contribution in [0.25, 0.3) is 0 Å². The van der Waals surface area contributed by atoms with E-state index in [1.54, 1.807) is 0 Å². The summed E-state index contributed by atoms with van der Waals surface area (Å²) in [5.41, 5.74) is 7.64. The van der Waals surface area contributed by atoms with Gasteiger partial charge < -0.3 is 10.2 Å². The fourth-order valence-electron chi connectivity index (χ4n) is 2.83. The first kappa shape index (κ1) is 17.7. The number of rotatable bonds is 4. The number of hydrogen-bond donors (Lipinski definition) is 1. The highest BCUT2D eigenvalue weighted by Gasteiger charge is 2.40. The van der Waals surface area contributed by atoms with Crippen LogP contribution >= 0.6 is 0 Å². The molecule has 0 aromatic heterocycles. The van der Waals surface area contributed by atoms with E-state index in [1.807, 2.05) is 0 Å². The average Bonchev–Trinajstić information content (AvgIpc) is 2.37. The van der Waals surface area contributed by atoms with Crippen LogP contribution in [0.4, 0.5) is 0 Å². The van der Waals surface area contributed by atoms with E-state index in [2.05, 4.69) is 69.1 Å². The summed E-state index contributed by atoms with van der Waals surface area (Å²) in [4.78, 5) is 2.45. The summed E-state index contributed by atoms with van der Waals surface area (Å²) in [6.45, 7) is 14.5. The fourth-order valence-corrected chi connectivity index (χ4v) is 4.19. The predicted molar refractivity (Wildman–Crippen MR) is 96.4 cm³/mol. The summed E-state index contributed by atoms with van der Waals surface area (Å²) in [5.74, 6) is 0. The zero-order chi connectivity index (χ0) is 16.4. The summed E-state index contributed by atoms with van der Waals surface area (Å²) in [5, 5.41) is 0.249. The molecule has 1 heterocycles. The molecule has 4 heteroatoms. The van der Waals surface area contributed by atoms with Crippen molar-refractivity contribution in [1.29, 1.82) is 0 Å². The van der Waals surface area contributed by atoms with E-state index < -0.39 is 8.32 Å². The van der Waals surface area contributed by atoms with Gasteiger partial charge in [0.25, 0.3) is 0 Å². The van der Waals surface area contributed by atoms with Crippen LogP contribution in [0, 0.1) is 0 Å². The van der Waals surface area contributed by atoms with Gasteiger partial charge in [-0.3, -0.25) is 4.90 Å². The van der Waals surface area contributed by atoms with E-state index in [9.17, 15) is 0 Å². The predicted octanol–water partition coefficient (Wildman–Crippen LogP) is 3.61. The third-order valence-electron chi connectivity index (χ3n) is 5.04. The Balaban J connectivity index is 1.99. The molecule has 1 aromatic rings. The molecule has 1 fully saturated rings. The minimum Gasteiger partial charge on any atom is -0.413 e. The first-order chi connectivity index (χ1) is 10.2. The second kappa shape index (κ2) is 6.83. The number of likely N-dealkylation sites (tertiary alicyclic amines) is 1. The Kier molecular flexibility index (Phi) is 5.48. The highest BCUT2D eigenvalue weighted by Crippen LogP contribution is 2.38. The molecule has 0 unspecified atom stereocenters. The molecule has 1 aromatic carbocycles. The van der Waals surface area contributed by atoms with Crippen molar-refractivity contribution in [2.24, 2.45) is 5.73 Å². The maximum absolute atomic E-state index is 6.60. The van der Waals surface area contributed by atoms with Crippen molar-refractivity contribution < 1.29 is 4.43 Å². The lowest BCUT2D eigenvalue weighted by atomic mass is 10.0. The monoisotopic (exact) mass is 320 g/mol. The highest BCUT2D eigenvalue weighted by atomic mass is 28.4. The molecule has 2 rings (SSSR count). The van der Waals surface area contributed by atoms with Crippen LogP contribution < -0.4 is 5.73 Å². The van der Waals surface area contributed by atoms with Gasteiger partial charge in [0.05, 0.1) is 6.10 Å². The minimum absolute atomic E-state index is 0.215. The Bertz CT molecular complexity index is 470. The van der Waals surface area contributed by atoms with E-state index >= 15 is 0 Å². The Morgan fingerprint density at radius 3 is 2.41 bits per heavy atom. The van der Waals surface area contributed by atoms with Gasteiger partial charge in [-0.05, 0) is 30.1 Å². The lowest BCUT2D eigenvalue weighted by Crippen LogP contribution is -2.54. The molecule has 0 aliphatic carbocycles. The van der Waals surface area contributed by atoms with Crippen molar-refractivity contribution in [3.8, 4) is 0 Å². The number of hydrogen-bond acceptors (Lipinski definition) is 3. The van der Waals surface area contributed by atoms with E-state index in [4.69, 9.17) is 10.2 Å². The van der Waals surface area contributed by atoms with Gasteiger partial charge in [-0.25, -0.2) is 0 Å². The third-order valence-corrected chi connectivity index (χ3v) is 9.57. The van der Waals surface area contributed by atoms with Gasteiger partial charge in [-0.2, -0.15) is 0 Å². The molecule has 124 valence electrons. The van der Waals surface area contributed by atoms with Gasteiger partial charge in [-0.15, -0.1) is 0 Å². The summed E-state index contributed by atoms with van der Waals surface area (Å²) >= 11 is 0. The lowest BCUT2D eigenvalue weighted by molar-refractivity contribution is 0.0636. The smallest absolute Gasteiger partial charge is 0.192 e. The van der Waals surface area contributed by atoms with Crippen LogP contribution in [0.15, 0.2) is 30.3 Å². The molecule has 1 aliphatic rings. The van der Waals surface area contributed by atoms with Crippen LogP contribution in [-0.4, -0.2) is 38.5 Å². The van der Waals surface area contributed by atoms with Gasteiger partial charge in [0.1, 0.15) is 0 Å². The Labute approximate surface area is 137 Å². The lowest BCUT2D eigenvalue weighted by Gasteiger charge is -2.43. The standard InChI is InChI=1S/C18H32N2OSi/c1-18(2,3)22(4,5)21-17-11-16(19)13-20(14-17)12-15-9-7-6-8-10-15/h6-10,16-17H,11-14,19H2,1-5H3/t16-,17+/m0/s1. The normalized spacial score (nSPS) is 24.5. The largest absolute Gasteiger partial charge is 0.413 e. The number of benzene rings is 1. The quantitative estimate of drug-likeness (QED) is 0.861. The van der Waals surface area contributed by atoms with Crippen LogP contribution in [0.5, 0.6) is 0 Å². The zero-order valence-corrected chi connectivity index (χ0v) is 15.8. The van der Waals surface area contributed by atoms with Crippen molar-refractivity contribution in [1.82, 2.24) is 4.90 Å². The average molecular weight is 321 g/mol. The van der Waals surface area contributed by atoms with E-state index in [1.165, 1.54) is 5.56 Å². The summed E-state index contributed by atoms with van der Waals surface area (Å²) < 4.78 is 6.60. The van der Waals surface area contributed by atoms with E-state index in [0.717, 1.165) is 26.1 Å². The maximum atomic E-state index is 6.60. The molecule has 0 radical (unpaired) electrons. The number of nitrogens with zero attached hydrogens (tertiary/aromatic N) is 1. The van der Waals surface area contributed by atoms with Crippen LogP contribution in [0.3, 0.4) is 0 Å². The molecule has 0 saturated carbocycles. The minimum atomic E-state index is -1.73. The fraction of sp³-hybridized carbons (Fsp3) is 0.667. The van der Waals surface area contributed by atoms with Gasteiger partial charge in [0, 0.05) is 25.7 Å². The molecule has 0 amide bonds. The molecule has 22 heavy (non-hydrogen) atoms. The maximum Gasteiger partial charge on any atom is 0.192 e. The Morgan fingerprint density at radius 1 is 1.18 bits per heavy atom. The second-order valence-electron chi connectivity index (χ2n) is 8.18. The third kappa shape index (κ3) is 4.65. The molecule has 1 saturated heterocycles. The van der Waals surface area contributed by atoms with E-state index in [0.29, 0.717) is 0 Å². The second-order valence-corrected chi connectivity index (χ2v) is 12.9. The van der Waals surface area contributed by atoms with Crippen molar-refractivity contribution >= 4 is 8.32 Å². The summed E-state index contributed by atoms with van der Waals surface area (Å²) in [6, 6.07) is 10.8. The molecule has 2 atom stereocenters. The Hall–Kier alpha value is -0.683. The molecule has 1 aliphatic heterocycles. The first-order valence-corrected chi connectivity index (χ1v) is 11.3. The summed E-state index contributed by atoms with van der Waals surface area (Å²) in [7, 11) is -1.73. The molecule has 0 bridgehead atoms. The molecular formula is C18H32N2OSi. The number of piperidine rings is 1. The SMILES string of the molecule is CC(C)(C)[Si](C)(C)O[C@@H]1C[C@H](N)CN(Cc2ccccc2)C1. The van der Waals surface area contributed by atoms with Gasteiger partial charge in [-0.1, -0.05) is 51.1 Å². The van der Waals surface area contributed by atoms with E-state index in [-0.39, 0.29) is 17.2 Å².